The molecule has 1 saturated carbocycles. The highest BCUT2D eigenvalue weighted by Crippen LogP contribution is 2.31. The second kappa shape index (κ2) is 5.33. The first-order valence-electron chi connectivity index (χ1n) is 6.28. The molecule has 2 rings (SSSR count). The first-order chi connectivity index (χ1) is 9.22. The number of nitrogens with two attached hydrogens (primary N) is 1. The quantitative estimate of drug-likeness (QED) is 0.933. The Morgan fingerprint density at radius 1 is 1.50 bits per heavy atom. The highest BCUT2D eigenvalue weighted by atomic mass is 32.1. The van der Waals surface area contributed by atoms with Crippen LogP contribution in [-0.2, 0) is 17.5 Å². The number of nitrogens with zero attached hydrogens (tertiary/aromatic N) is 2. The first-order valence-corrected chi connectivity index (χ1v) is 7.16. The van der Waals surface area contributed by atoms with Gasteiger partial charge in [-0.05, 0) is 12.8 Å². The Morgan fingerprint density at radius 2 is 2.10 bits per heavy atom. The molecular weight excluding hydrogens is 291 g/mol. The predicted molar refractivity (Wildman–Crippen MR) is 69.0 cm³/mol. The lowest BCUT2D eigenvalue weighted by Crippen LogP contribution is -2.52. The van der Waals surface area contributed by atoms with E-state index in [0.29, 0.717) is 12.8 Å². The fourth-order valence-corrected chi connectivity index (χ4v) is 3.24. The van der Waals surface area contributed by atoms with Gasteiger partial charge >= 0.3 is 6.18 Å². The van der Waals surface area contributed by atoms with E-state index in [0.717, 1.165) is 29.6 Å². The monoisotopic (exact) mass is 307 g/mol. The van der Waals surface area contributed by atoms with Crippen LogP contribution in [0.4, 0.5) is 13.2 Å². The summed E-state index contributed by atoms with van der Waals surface area (Å²) in [4.78, 5) is 17.1. The molecule has 0 atom stereocenters. The first kappa shape index (κ1) is 15.2. The Morgan fingerprint density at radius 3 is 2.60 bits per heavy atom. The van der Waals surface area contributed by atoms with Crippen molar-refractivity contribution in [2.45, 2.75) is 43.9 Å². The van der Waals surface area contributed by atoms with Gasteiger partial charge in [0.1, 0.15) is 5.01 Å². The van der Waals surface area contributed by atoms with E-state index in [1.54, 1.807) is 7.05 Å². The van der Waals surface area contributed by atoms with Crippen LogP contribution in [0.2, 0.25) is 0 Å². The average molecular weight is 307 g/mol. The minimum Gasteiger partial charge on any atom is -0.337 e. The number of aromatic nitrogens is 1. The van der Waals surface area contributed by atoms with Gasteiger partial charge in [0, 0.05) is 12.4 Å². The van der Waals surface area contributed by atoms with Gasteiger partial charge in [-0.2, -0.15) is 13.2 Å². The van der Waals surface area contributed by atoms with Gasteiger partial charge in [0.25, 0.3) is 0 Å². The Kier molecular flexibility index (Phi) is 4.06. The molecule has 1 fully saturated rings. The molecule has 1 amide bonds. The fraction of sp³-hybridized carbons (Fsp3) is 0.667. The average Bonchev–Trinajstić information content (AvgIpc) is 2.97. The lowest BCUT2D eigenvalue weighted by atomic mass is 9.97. The standard InChI is InChI=1S/C12H16F3N3OS/c1-18(10(19)11(16)4-2-3-5-11)6-9-17-8(7-20-9)12(13,14)15/h7H,2-6,16H2,1H3. The van der Waals surface area contributed by atoms with E-state index < -0.39 is 17.4 Å². The second-order valence-corrected chi connectivity index (χ2v) is 6.09. The van der Waals surface area contributed by atoms with Gasteiger partial charge in [-0.25, -0.2) is 4.98 Å². The molecule has 0 spiro atoms. The molecule has 0 aliphatic heterocycles. The van der Waals surface area contributed by atoms with Gasteiger partial charge < -0.3 is 10.6 Å². The summed E-state index contributed by atoms with van der Waals surface area (Å²) >= 11 is 0.898. The molecule has 0 unspecified atom stereocenters. The molecule has 4 nitrogen and oxygen atoms in total. The summed E-state index contributed by atoms with van der Waals surface area (Å²) < 4.78 is 37.3. The maximum Gasteiger partial charge on any atom is 0.434 e. The third kappa shape index (κ3) is 3.12. The van der Waals surface area contributed by atoms with Crippen LogP contribution < -0.4 is 5.73 Å². The zero-order chi connectivity index (χ0) is 15.0. The van der Waals surface area contributed by atoms with Crippen LogP contribution >= 0.6 is 11.3 Å². The summed E-state index contributed by atoms with van der Waals surface area (Å²) in [5.41, 5.74) is 4.27. The minimum absolute atomic E-state index is 0.0541. The summed E-state index contributed by atoms with van der Waals surface area (Å²) in [6.45, 7) is 0.0541. The number of hydrogen-bond acceptors (Lipinski definition) is 4. The van der Waals surface area contributed by atoms with E-state index in [4.69, 9.17) is 5.73 Å². The van der Waals surface area contributed by atoms with Crippen molar-refractivity contribution in [2.75, 3.05) is 7.05 Å². The van der Waals surface area contributed by atoms with Gasteiger partial charge in [-0.3, -0.25) is 4.79 Å². The molecule has 112 valence electrons. The zero-order valence-corrected chi connectivity index (χ0v) is 11.9. The van der Waals surface area contributed by atoms with Crippen molar-refractivity contribution in [3.8, 4) is 0 Å². The molecule has 1 aliphatic rings. The van der Waals surface area contributed by atoms with Crippen molar-refractivity contribution < 1.29 is 18.0 Å². The van der Waals surface area contributed by atoms with Crippen molar-refractivity contribution in [2.24, 2.45) is 5.73 Å². The molecule has 8 heteroatoms. The third-order valence-corrected chi connectivity index (χ3v) is 4.32. The molecule has 1 aromatic rings. The van der Waals surface area contributed by atoms with E-state index >= 15 is 0 Å². The lowest BCUT2D eigenvalue weighted by molar-refractivity contribution is -0.140. The zero-order valence-electron chi connectivity index (χ0n) is 11.0. The molecule has 0 aromatic carbocycles. The van der Waals surface area contributed by atoms with Gasteiger partial charge in [0.2, 0.25) is 5.91 Å². The molecule has 1 aromatic heterocycles. The number of carbonyl (C=O) groups is 1. The summed E-state index contributed by atoms with van der Waals surface area (Å²) in [6.07, 6.45) is -1.38. The molecular formula is C12H16F3N3OS. The summed E-state index contributed by atoms with van der Waals surface area (Å²) in [7, 11) is 1.55. The van der Waals surface area contributed by atoms with E-state index in [-0.39, 0.29) is 17.5 Å². The van der Waals surface area contributed by atoms with Crippen LogP contribution in [-0.4, -0.2) is 28.4 Å². The minimum atomic E-state index is -4.45. The fourth-order valence-electron chi connectivity index (χ4n) is 2.39. The SMILES string of the molecule is CN(Cc1nc(C(F)(F)F)cs1)C(=O)C1(N)CCCC1. The van der Waals surface area contributed by atoms with Gasteiger partial charge in [-0.15, -0.1) is 11.3 Å². The van der Waals surface area contributed by atoms with E-state index in [2.05, 4.69) is 4.98 Å². The second-order valence-electron chi connectivity index (χ2n) is 5.15. The molecule has 2 N–H and O–H groups in total. The highest BCUT2D eigenvalue weighted by molar-refractivity contribution is 7.09. The van der Waals surface area contributed by atoms with Crippen molar-refractivity contribution in [1.29, 1.82) is 0 Å². The van der Waals surface area contributed by atoms with E-state index in [1.165, 1.54) is 4.90 Å². The maximum absolute atomic E-state index is 12.4. The highest BCUT2D eigenvalue weighted by Gasteiger charge is 2.39. The van der Waals surface area contributed by atoms with Crippen molar-refractivity contribution in [3.05, 3.63) is 16.1 Å². The topological polar surface area (TPSA) is 59.2 Å². The predicted octanol–water partition coefficient (Wildman–Crippen LogP) is 2.39. The number of halogens is 3. The third-order valence-electron chi connectivity index (χ3n) is 3.48. The number of amides is 1. The van der Waals surface area contributed by atoms with E-state index in [1.807, 2.05) is 0 Å². The molecule has 1 aliphatic carbocycles. The Balaban J connectivity index is 2.02. The van der Waals surface area contributed by atoms with Crippen molar-refractivity contribution >= 4 is 17.2 Å². The number of alkyl halides is 3. The summed E-state index contributed by atoms with van der Waals surface area (Å²) in [5, 5.41) is 1.22. The van der Waals surface area contributed by atoms with Gasteiger partial charge in [0.15, 0.2) is 5.69 Å². The van der Waals surface area contributed by atoms with Crippen LogP contribution in [0, 0.1) is 0 Å². The molecule has 1 heterocycles. The maximum atomic E-state index is 12.4. The Bertz CT molecular complexity index is 494. The van der Waals surface area contributed by atoms with Crippen LogP contribution in [0.1, 0.15) is 36.4 Å². The largest absolute Gasteiger partial charge is 0.434 e. The molecule has 0 bridgehead atoms. The van der Waals surface area contributed by atoms with E-state index in [9.17, 15) is 18.0 Å². The summed E-state index contributed by atoms with van der Waals surface area (Å²) in [6, 6.07) is 0. The van der Waals surface area contributed by atoms with Gasteiger partial charge in [0.05, 0.1) is 12.1 Å². The molecule has 0 radical (unpaired) electrons. The molecule has 20 heavy (non-hydrogen) atoms. The van der Waals surface area contributed by atoms with Crippen LogP contribution in [0.25, 0.3) is 0 Å². The van der Waals surface area contributed by atoms with Crippen LogP contribution in [0.15, 0.2) is 5.38 Å². The molecule has 0 saturated heterocycles. The smallest absolute Gasteiger partial charge is 0.337 e. The number of likely N-dealkylation sites (N-methyl/N-ethyl adjacent to an activating group) is 1. The Hall–Kier alpha value is -1.15. The number of rotatable bonds is 3. The number of carbonyl (C=O) groups excluding carboxylic acids is 1. The van der Waals surface area contributed by atoms with Crippen molar-refractivity contribution in [1.82, 2.24) is 9.88 Å². The number of thiazole rings is 1. The van der Waals surface area contributed by atoms with Gasteiger partial charge in [-0.1, -0.05) is 12.8 Å². The van der Waals surface area contributed by atoms with Crippen LogP contribution in [0.5, 0.6) is 0 Å². The number of hydrogen-bond donors (Lipinski definition) is 1. The lowest BCUT2D eigenvalue weighted by Gasteiger charge is -2.28. The normalized spacial score (nSPS) is 18.2. The Labute approximate surface area is 118 Å². The van der Waals surface area contributed by atoms with Crippen LogP contribution in [0.3, 0.4) is 0 Å². The van der Waals surface area contributed by atoms with Crippen molar-refractivity contribution in [3.63, 3.8) is 0 Å². The summed E-state index contributed by atoms with van der Waals surface area (Å²) in [5.74, 6) is -0.223.